The Morgan fingerprint density at radius 3 is 1.69 bits per heavy atom. The Morgan fingerprint density at radius 2 is 1.15 bits per heavy atom. The lowest BCUT2D eigenvalue weighted by atomic mass is 10.1. The maximum absolute atomic E-state index is 9.76. The van der Waals surface area contributed by atoms with Gasteiger partial charge in [-0.3, -0.25) is 9.80 Å². The first kappa shape index (κ1) is 56.8. The predicted molar refractivity (Wildman–Crippen MR) is 309 cm³/mol. The number of pyridine rings is 2. The van der Waals surface area contributed by atoms with Crippen molar-refractivity contribution < 1.29 is 37.9 Å². The largest absolute Gasteiger partial charge is 0.501 e. The molecule has 3 N–H and O–H groups in total. The molecular formula is C58H67BrN14O8. The average molecular weight is 1170 g/mol. The van der Waals surface area contributed by atoms with E-state index in [0.29, 0.717) is 102 Å². The zero-order valence-electron chi connectivity index (χ0n) is 45.6. The summed E-state index contributed by atoms with van der Waals surface area (Å²) in [6.45, 7) is 21.6. The summed E-state index contributed by atoms with van der Waals surface area (Å²) in [6, 6.07) is 26.0. The summed E-state index contributed by atoms with van der Waals surface area (Å²) in [6.07, 6.45) is 6.41. The third-order valence-electron chi connectivity index (χ3n) is 14.9. The van der Waals surface area contributed by atoms with Crippen molar-refractivity contribution in [1.82, 2.24) is 39.7 Å². The smallest absolute Gasteiger partial charge is 0.239 e. The van der Waals surface area contributed by atoms with Crippen molar-refractivity contribution in [3.8, 4) is 51.8 Å². The van der Waals surface area contributed by atoms with Crippen molar-refractivity contribution in [3.63, 3.8) is 0 Å². The van der Waals surface area contributed by atoms with E-state index >= 15 is 0 Å². The van der Waals surface area contributed by atoms with E-state index in [2.05, 4.69) is 82.7 Å². The molecule has 6 fully saturated rings. The quantitative estimate of drug-likeness (QED) is 0.0797. The van der Waals surface area contributed by atoms with Crippen molar-refractivity contribution in [3.05, 3.63) is 107 Å². The van der Waals surface area contributed by atoms with Crippen LogP contribution in [0, 0.1) is 17.9 Å². The summed E-state index contributed by atoms with van der Waals surface area (Å²) in [5.74, 6) is 4.05. The fourth-order valence-electron chi connectivity index (χ4n) is 10.2. The van der Waals surface area contributed by atoms with Crippen LogP contribution in [0.1, 0.15) is 31.2 Å². The van der Waals surface area contributed by atoms with Crippen LogP contribution in [0.5, 0.6) is 23.3 Å². The van der Waals surface area contributed by atoms with Gasteiger partial charge in [-0.15, -0.1) is 0 Å². The van der Waals surface area contributed by atoms with Gasteiger partial charge in [0.1, 0.15) is 75.9 Å². The van der Waals surface area contributed by atoms with Crippen molar-refractivity contribution in [2.24, 2.45) is 0 Å². The maximum atomic E-state index is 9.76. The van der Waals surface area contributed by atoms with Gasteiger partial charge in [-0.25, -0.2) is 29.8 Å². The number of ether oxygens (including phenoxy) is 8. The summed E-state index contributed by atoms with van der Waals surface area (Å²) in [7, 11) is 3.31. The Labute approximate surface area is 480 Å². The highest BCUT2D eigenvalue weighted by atomic mass is 79.9. The minimum atomic E-state index is 0.0597. The van der Waals surface area contributed by atoms with Gasteiger partial charge < -0.3 is 58.7 Å². The first-order valence-electron chi connectivity index (χ1n) is 27.3. The molecule has 22 nitrogen and oxygen atoms in total. The van der Waals surface area contributed by atoms with Crippen LogP contribution in [0.25, 0.3) is 27.4 Å². The van der Waals surface area contributed by atoms with Crippen LogP contribution in [-0.2, 0) is 18.9 Å². The van der Waals surface area contributed by atoms with E-state index in [9.17, 15) is 5.26 Å². The van der Waals surface area contributed by atoms with Gasteiger partial charge in [-0.1, -0.05) is 6.07 Å². The van der Waals surface area contributed by atoms with E-state index in [4.69, 9.17) is 55.2 Å². The molecule has 424 valence electrons. The summed E-state index contributed by atoms with van der Waals surface area (Å²) in [4.78, 5) is 39.2. The molecule has 6 aliphatic rings. The van der Waals surface area contributed by atoms with Crippen LogP contribution in [0.2, 0.25) is 0 Å². The third-order valence-corrected chi connectivity index (χ3v) is 15.4. The molecule has 0 saturated carbocycles. The highest BCUT2D eigenvalue weighted by Crippen LogP contribution is 2.36. The molecule has 0 amide bonds. The number of nitrogen functional groups attached to an aromatic ring is 1. The predicted octanol–water partition coefficient (Wildman–Crippen LogP) is 7.45. The Kier molecular flexibility index (Phi) is 19.5. The van der Waals surface area contributed by atoms with E-state index in [-0.39, 0.29) is 12.2 Å². The molecule has 81 heavy (non-hydrogen) atoms. The molecule has 0 aliphatic carbocycles. The highest BCUT2D eigenvalue weighted by Gasteiger charge is 2.31. The summed E-state index contributed by atoms with van der Waals surface area (Å²) in [5.41, 5.74) is 11.7. The van der Waals surface area contributed by atoms with E-state index in [1.165, 1.54) is 12.7 Å². The van der Waals surface area contributed by atoms with E-state index in [1.807, 2.05) is 48.5 Å². The second-order valence-electron chi connectivity index (χ2n) is 20.0. The number of aromatic nitrogens is 6. The number of nitrogens with zero attached hydrogens (tertiary/aromatic N) is 12. The van der Waals surface area contributed by atoms with E-state index in [0.717, 1.165) is 132 Å². The van der Waals surface area contributed by atoms with Crippen LogP contribution in [0.15, 0.2) is 90.1 Å². The van der Waals surface area contributed by atoms with E-state index < -0.39 is 0 Å². The van der Waals surface area contributed by atoms with Gasteiger partial charge in [-0.05, 0) is 76.1 Å². The molecule has 0 spiro atoms. The topological polar surface area (TPSA) is 230 Å². The minimum Gasteiger partial charge on any atom is -0.501 e. The SMILES string of the molecule is COc1nc(Br)ccc1N1CCN(C2COC2)CC1.COc1nc(Nc2cc(-c3ccc(OC4CCOCC4)c(C#N)c3)ncn2)ccc1N1CCN(C2COC2)CC1.[C-]#[N+]c1cc(-c2cc(N)ncn2)ccc1OC1CCOCC1. The lowest BCUT2D eigenvalue weighted by molar-refractivity contribution is -0.0661. The number of anilines is 5. The van der Waals surface area contributed by atoms with Gasteiger partial charge in [0.25, 0.3) is 0 Å². The van der Waals surface area contributed by atoms with Gasteiger partial charge >= 0.3 is 0 Å². The molecule has 6 saturated heterocycles. The summed E-state index contributed by atoms with van der Waals surface area (Å²) >= 11 is 3.37. The van der Waals surface area contributed by atoms with Crippen LogP contribution in [0.4, 0.5) is 34.5 Å². The van der Waals surface area contributed by atoms with Crippen molar-refractivity contribution in [2.75, 3.05) is 140 Å². The number of benzene rings is 2. The molecule has 6 aliphatic heterocycles. The zero-order valence-corrected chi connectivity index (χ0v) is 47.2. The Hall–Kier alpha value is -7.48. The highest BCUT2D eigenvalue weighted by molar-refractivity contribution is 9.10. The Morgan fingerprint density at radius 1 is 0.617 bits per heavy atom. The van der Waals surface area contributed by atoms with Gasteiger partial charge in [-0.2, -0.15) is 10.2 Å². The second-order valence-corrected chi connectivity index (χ2v) is 20.8. The lowest BCUT2D eigenvalue weighted by Gasteiger charge is -2.43. The van der Waals surface area contributed by atoms with Gasteiger partial charge in [0.15, 0.2) is 0 Å². The molecule has 12 rings (SSSR count). The standard InChI is InChI=1S/C29H33N7O4.C16H16N4O2.C13H18BrN3O2/c1-37-29-25(36-10-8-35(9-11-36)22-17-39-18-22)3-5-27(34-29)33-28-15-24(31-19-32-28)20-2-4-26(21(14-20)16-30)40-23-6-12-38-13-7-23;1-18-14-8-11(13-9-16(17)20-10-19-13)2-3-15(14)22-12-4-6-21-7-5-12;1-18-13-11(2-3-12(14)15-13)17-6-4-16(5-7-17)10-8-19-9-10/h2-5,14-15,19,22-23H,6-13,17-18H2,1H3,(H,31,32,33,34);2-3,8-10,12H,4-7H2,(H2,17,19,20);2-3,10H,4-9H2,1H3. The van der Waals surface area contributed by atoms with Crippen LogP contribution >= 0.6 is 15.9 Å². The molecule has 2 aromatic carbocycles. The fraction of sp³-hybridized carbons (Fsp3) is 0.448. The number of methoxy groups -OCH3 is 2. The summed E-state index contributed by atoms with van der Waals surface area (Å²) in [5, 5.41) is 13.0. The third kappa shape index (κ3) is 14.7. The van der Waals surface area contributed by atoms with Gasteiger partial charge in [0.2, 0.25) is 17.4 Å². The Balaban J connectivity index is 0.000000151. The van der Waals surface area contributed by atoms with Crippen molar-refractivity contribution in [2.45, 2.75) is 50.0 Å². The Bertz CT molecular complexity index is 3130. The normalized spacial score (nSPS) is 18.3. The summed E-state index contributed by atoms with van der Waals surface area (Å²) < 4.78 is 45.2. The maximum Gasteiger partial charge on any atom is 0.239 e. The average Bonchev–Trinajstić information content (AvgIpc) is 3.57. The first-order valence-corrected chi connectivity index (χ1v) is 28.1. The molecule has 0 unspecified atom stereocenters. The first-order chi connectivity index (χ1) is 39.7. The molecule has 0 atom stereocenters. The number of nitrogens with one attached hydrogen (secondary N) is 1. The number of nitrogens with two attached hydrogens (primary N) is 1. The number of nitriles is 1. The monoisotopic (exact) mass is 1170 g/mol. The van der Waals surface area contributed by atoms with Crippen LogP contribution in [0.3, 0.4) is 0 Å². The van der Waals surface area contributed by atoms with Crippen molar-refractivity contribution >= 4 is 50.4 Å². The number of rotatable bonds is 14. The molecular weight excluding hydrogens is 1100 g/mol. The van der Waals surface area contributed by atoms with Crippen LogP contribution < -0.4 is 39.8 Å². The number of piperazine rings is 2. The second kappa shape index (κ2) is 27.8. The molecule has 0 radical (unpaired) electrons. The van der Waals surface area contributed by atoms with E-state index in [1.54, 1.807) is 32.4 Å². The van der Waals surface area contributed by atoms with Crippen LogP contribution in [-0.4, -0.2) is 183 Å². The zero-order chi connectivity index (χ0) is 55.9. The molecule has 23 heteroatoms. The lowest BCUT2D eigenvalue weighted by Crippen LogP contribution is -2.56. The number of hydrogen-bond donors (Lipinski definition) is 2. The fourth-order valence-corrected chi connectivity index (χ4v) is 10.4. The molecule has 0 bridgehead atoms. The van der Waals surface area contributed by atoms with Crippen molar-refractivity contribution in [1.29, 1.82) is 5.26 Å². The number of hydrogen-bond acceptors (Lipinski definition) is 21. The molecule has 10 heterocycles. The molecule has 4 aromatic heterocycles. The van der Waals surface area contributed by atoms with Gasteiger partial charge in [0, 0.05) is 95.7 Å². The number of halogens is 1. The van der Waals surface area contributed by atoms with Gasteiger partial charge in [0.05, 0.1) is 103 Å². The molecule has 6 aromatic rings. The minimum absolute atomic E-state index is 0.0597.